The van der Waals surface area contributed by atoms with E-state index >= 15 is 0 Å². The lowest BCUT2D eigenvalue weighted by molar-refractivity contribution is -0.131. The maximum absolute atomic E-state index is 11.6. The van der Waals surface area contributed by atoms with Gasteiger partial charge < -0.3 is 10.6 Å². The number of carbonyl (C=O) groups excluding carboxylic acids is 1. The third-order valence-corrected chi connectivity index (χ3v) is 3.23. The first-order valence-electron chi connectivity index (χ1n) is 5.22. The minimum atomic E-state index is -0.395. The molecule has 1 rings (SSSR count). The summed E-state index contributed by atoms with van der Waals surface area (Å²) in [6.07, 6.45) is 0.921. The second kappa shape index (κ2) is 5.88. The first kappa shape index (κ1) is 12.2. The van der Waals surface area contributed by atoms with Gasteiger partial charge in [-0.3, -0.25) is 4.79 Å². The summed E-state index contributed by atoms with van der Waals surface area (Å²) in [6, 6.07) is 3.73. The van der Waals surface area contributed by atoms with Crippen LogP contribution in [0.4, 0.5) is 0 Å². The van der Waals surface area contributed by atoms with Gasteiger partial charge in [0.2, 0.25) is 5.91 Å². The Labute approximate surface area is 94.9 Å². The Morgan fingerprint density at radius 1 is 1.67 bits per heavy atom. The molecule has 1 heterocycles. The smallest absolute Gasteiger partial charge is 0.239 e. The molecule has 3 nitrogen and oxygen atoms in total. The van der Waals surface area contributed by atoms with Crippen LogP contribution >= 0.6 is 11.3 Å². The molecular weight excluding hydrogens is 208 g/mol. The lowest BCUT2D eigenvalue weighted by Crippen LogP contribution is -2.42. The van der Waals surface area contributed by atoms with Gasteiger partial charge in [-0.1, -0.05) is 6.07 Å². The molecule has 1 aromatic heterocycles. The second-order valence-corrected chi connectivity index (χ2v) is 4.57. The van der Waals surface area contributed by atoms with E-state index < -0.39 is 6.04 Å². The number of nitrogens with two attached hydrogens (primary N) is 1. The van der Waals surface area contributed by atoms with E-state index in [1.807, 2.05) is 17.9 Å². The molecule has 0 aromatic carbocycles. The summed E-state index contributed by atoms with van der Waals surface area (Å²) < 4.78 is 0. The number of rotatable bonds is 5. The van der Waals surface area contributed by atoms with Crippen LogP contribution in [0.5, 0.6) is 0 Å². The van der Waals surface area contributed by atoms with E-state index in [0.717, 1.165) is 19.5 Å². The van der Waals surface area contributed by atoms with Crippen molar-refractivity contribution in [1.82, 2.24) is 4.90 Å². The molecule has 0 bridgehead atoms. The van der Waals surface area contributed by atoms with Gasteiger partial charge in [0.05, 0.1) is 6.04 Å². The van der Waals surface area contributed by atoms with E-state index in [0.29, 0.717) is 0 Å². The van der Waals surface area contributed by atoms with E-state index in [4.69, 9.17) is 5.73 Å². The van der Waals surface area contributed by atoms with Gasteiger partial charge >= 0.3 is 0 Å². The van der Waals surface area contributed by atoms with Crippen molar-refractivity contribution >= 4 is 17.2 Å². The minimum Gasteiger partial charge on any atom is -0.341 e. The zero-order valence-corrected chi connectivity index (χ0v) is 10.1. The fourth-order valence-electron chi connectivity index (χ4n) is 1.41. The van der Waals surface area contributed by atoms with Crippen LogP contribution < -0.4 is 5.73 Å². The van der Waals surface area contributed by atoms with Crippen LogP contribution in [-0.4, -0.2) is 29.9 Å². The molecule has 1 aromatic rings. The van der Waals surface area contributed by atoms with Crippen LogP contribution in [0.25, 0.3) is 0 Å². The maximum Gasteiger partial charge on any atom is 0.239 e. The summed E-state index contributed by atoms with van der Waals surface area (Å²) in [6.45, 7) is 5.20. The molecule has 0 aliphatic heterocycles. The third-order valence-electron chi connectivity index (χ3n) is 2.29. The first-order valence-corrected chi connectivity index (χ1v) is 6.10. The van der Waals surface area contributed by atoms with Crippen molar-refractivity contribution in [1.29, 1.82) is 0 Å². The van der Waals surface area contributed by atoms with Gasteiger partial charge in [-0.15, -0.1) is 11.3 Å². The maximum atomic E-state index is 11.6. The van der Waals surface area contributed by atoms with Gasteiger partial charge in [0.1, 0.15) is 0 Å². The molecule has 4 heteroatoms. The van der Waals surface area contributed by atoms with Crippen LogP contribution in [0, 0.1) is 0 Å². The van der Waals surface area contributed by atoms with Gasteiger partial charge in [-0.05, 0) is 31.7 Å². The minimum absolute atomic E-state index is 0.0362. The van der Waals surface area contributed by atoms with Gasteiger partial charge in [0, 0.05) is 18.0 Å². The quantitative estimate of drug-likeness (QED) is 0.826. The number of amides is 1. The fraction of sp³-hybridized carbons (Fsp3) is 0.545. The Bertz CT molecular complexity index is 296. The fourth-order valence-corrected chi connectivity index (χ4v) is 2.11. The van der Waals surface area contributed by atoms with Crippen molar-refractivity contribution < 1.29 is 4.79 Å². The topological polar surface area (TPSA) is 46.3 Å². The third kappa shape index (κ3) is 3.64. The molecule has 0 saturated carbocycles. The Balaban J connectivity index is 2.44. The predicted octanol–water partition coefficient (Wildman–Crippen LogP) is 1.49. The average molecular weight is 226 g/mol. The highest BCUT2D eigenvalue weighted by Crippen LogP contribution is 2.10. The Hall–Kier alpha value is -0.870. The Kier molecular flexibility index (Phi) is 4.78. The van der Waals surface area contributed by atoms with Crippen molar-refractivity contribution in [2.75, 3.05) is 13.1 Å². The number of thiophene rings is 1. The number of nitrogens with zero attached hydrogens (tertiary/aromatic N) is 1. The average Bonchev–Trinajstić information content (AvgIpc) is 2.71. The van der Waals surface area contributed by atoms with Crippen molar-refractivity contribution in [3.63, 3.8) is 0 Å². The number of hydrogen-bond donors (Lipinski definition) is 1. The standard InChI is InChI=1S/C11H18N2OS/c1-3-13(11(14)9(2)12)7-6-10-5-4-8-15-10/h4-5,8-9H,3,6-7,12H2,1-2H3. The van der Waals surface area contributed by atoms with E-state index in [-0.39, 0.29) is 5.91 Å². The summed E-state index contributed by atoms with van der Waals surface area (Å²) in [5.74, 6) is 0.0362. The summed E-state index contributed by atoms with van der Waals surface area (Å²) in [4.78, 5) is 14.8. The molecular formula is C11H18N2OS. The lowest BCUT2D eigenvalue weighted by atomic mass is 10.2. The van der Waals surface area contributed by atoms with Gasteiger partial charge in [-0.2, -0.15) is 0 Å². The summed E-state index contributed by atoms with van der Waals surface area (Å²) in [5.41, 5.74) is 5.57. The number of carbonyl (C=O) groups is 1. The van der Waals surface area contributed by atoms with Gasteiger partial charge in [0.25, 0.3) is 0 Å². The van der Waals surface area contributed by atoms with Crippen molar-refractivity contribution in [2.24, 2.45) is 5.73 Å². The molecule has 0 fully saturated rings. The molecule has 0 saturated heterocycles. The van der Waals surface area contributed by atoms with Gasteiger partial charge in [0.15, 0.2) is 0 Å². The number of likely N-dealkylation sites (N-methyl/N-ethyl adjacent to an activating group) is 1. The zero-order chi connectivity index (χ0) is 11.3. The Morgan fingerprint density at radius 3 is 2.87 bits per heavy atom. The Morgan fingerprint density at radius 2 is 2.40 bits per heavy atom. The molecule has 0 aliphatic rings. The van der Waals surface area contributed by atoms with E-state index in [1.165, 1.54) is 4.88 Å². The second-order valence-electron chi connectivity index (χ2n) is 3.54. The van der Waals surface area contributed by atoms with Crippen LogP contribution in [0.15, 0.2) is 17.5 Å². The molecule has 1 atom stereocenters. The van der Waals surface area contributed by atoms with E-state index in [9.17, 15) is 4.79 Å². The van der Waals surface area contributed by atoms with Crippen molar-refractivity contribution in [3.8, 4) is 0 Å². The van der Waals surface area contributed by atoms with E-state index in [1.54, 1.807) is 18.3 Å². The van der Waals surface area contributed by atoms with Gasteiger partial charge in [-0.25, -0.2) is 0 Å². The van der Waals surface area contributed by atoms with Crippen LogP contribution in [-0.2, 0) is 11.2 Å². The molecule has 84 valence electrons. The van der Waals surface area contributed by atoms with Crippen LogP contribution in [0.2, 0.25) is 0 Å². The van der Waals surface area contributed by atoms with Crippen LogP contribution in [0.3, 0.4) is 0 Å². The molecule has 1 amide bonds. The zero-order valence-electron chi connectivity index (χ0n) is 9.27. The van der Waals surface area contributed by atoms with Crippen molar-refractivity contribution in [2.45, 2.75) is 26.3 Å². The molecule has 1 unspecified atom stereocenters. The first-order chi connectivity index (χ1) is 7.15. The highest BCUT2D eigenvalue weighted by molar-refractivity contribution is 7.09. The predicted molar refractivity (Wildman–Crippen MR) is 63.9 cm³/mol. The normalized spacial score (nSPS) is 12.5. The van der Waals surface area contributed by atoms with Crippen molar-refractivity contribution in [3.05, 3.63) is 22.4 Å². The van der Waals surface area contributed by atoms with E-state index in [2.05, 4.69) is 11.4 Å². The number of hydrogen-bond acceptors (Lipinski definition) is 3. The molecule has 2 N–H and O–H groups in total. The molecule has 0 aliphatic carbocycles. The SMILES string of the molecule is CCN(CCc1cccs1)C(=O)C(C)N. The molecule has 0 spiro atoms. The monoisotopic (exact) mass is 226 g/mol. The highest BCUT2D eigenvalue weighted by atomic mass is 32.1. The van der Waals surface area contributed by atoms with Crippen LogP contribution in [0.1, 0.15) is 18.7 Å². The summed E-state index contributed by atoms with van der Waals surface area (Å²) in [5, 5.41) is 2.05. The largest absolute Gasteiger partial charge is 0.341 e. The molecule has 0 radical (unpaired) electrons. The lowest BCUT2D eigenvalue weighted by Gasteiger charge is -2.22. The highest BCUT2D eigenvalue weighted by Gasteiger charge is 2.15. The summed E-state index contributed by atoms with van der Waals surface area (Å²) >= 11 is 1.73. The molecule has 15 heavy (non-hydrogen) atoms. The summed E-state index contributed by atoms with van der Waals surface area (Å²) in [7, 11) is 0.